The Bertz CT molecular complexity index is 1410. The fraction of sp³-hybridized carbons (Fsp3) is 0.227. The predicted octanol–water partition coefficient (Wildman–Crippen LogP) is 2.28. The summed E-state index contributed by atoms with van der Waals surface area (Å²) in [5.74, 6) is -2.18. The average molecular weight is 452 g/mol. The van der Waals surface area contributed by atoms with E-state index in [1.54, 1.807) is 42.2 Å². The van der Waals surface area contributed by atoms with Gasteiger partial charge in [-0.2, -0.15) is 10.2 Å². The van der Waals surface area contributed by atoms with Gasteiger partial charge in [0.1, 0.15) is 12.4 Å². The number of aliphatic carboxylic acids is 1. The number of carboxylic acid groups (broad SMARTS) is 1. The number of aromatic nitrogens is 4. The molecule has 4 aromatic rings. The van der Waals surface area contributed by atoms with Gasteiger partial charge in [0.05, 0.1) is 22.6 Å². The lowest BCUT2D eigenvalue weighted by Crippen LogP contribution is -2.25. The molecule has 2 amide bonds. The van der Waals surface area contributed by atoms with Gasteiger partial charge in [0, 0.05) is 37.9 Å². The maximum Gasteiger partial charge on any atom is 0.325 e. The van der Waals surface area contributed by atoms with Crippen LogP contribution in [-0.2, 0) is 28.0 Å². The number of hydrogen-bond donors (Lipinski definition) is 3. The smallest absolute Gasteiger partial charge is 0.325 e. The maximum absolute atomic E-state index is 15.1. The van der Waals surface area contributed by atoms with E-state index < -0.39 is 24.2 Å². The summed E-state index contributed by atoms with van der Waals surface area (Å²) in [6.45, 7) is 1.04. The van der Waals surface area contributed by atoms with E-state index in [4.69, 9.17) is 0 Å². The quantitative estimate of drug-likeness (QED) is 0.394. The van der Waals surface area contributed by atoms with E-state index in [1.165, 1.54) is 17.7 Å². The van der Waals surface area contributed by atoms with Gasteiger partial charge >= 0.3 is 5.97 Å². The number of anilines is 1. The topological polar surface area (TPSA) is 131 Å². The third kappa shape index (κ3) is 4.38. The molecule has 11 heteroatoms. The molecule has 170 valence electrons. The number of benzene rings is 2. The Morgan fingerprint density at radius 3 is 2.67 bits per heavy atom. The van der Waals surface area contributed by atoms with Crippen LogP contribution in [0.2, 0.25) is 0 Å². The molecule has 2 heterocycles. The molecule has 3 N–H and O–H groups in total. The van der Waals surface area contributed by atoms with Gasteiger partial charge in [0.25, 0.3) is 0 Å². The number of carboxylic acids is 1. The van der Waals surface area contributed by atoms with Gasteiger partial charge in [-0.1, -0.05) is 12.1 Å². The molecule has 0 aliphatic rings. The Kier molecular flexibility index (Phi) is 5.78. The molecule has 0 atom stereocenters. The predicted molar refractivity (Wildman–Crippen MR) is 119 cm³/mol. The van der Waals surface area contributed by atoms with E-state index in [2.05, 4.69) is 20.8 Å². The van der Waals surface area contributed by atoms with Crippen LogP contribution in [0, 0.1) is 5.82 Å². The number of carbonyl (C=O) groups is 3. The minimum Gasteiger partial charge on any atom is -0.480 e. The van der Waals surface area contributed by atoms with E-state index in [9.17, 15) is 19.5 Å². The van der Waals surface area contributed by atoms with Crippen molar-refractivity contribution in [2.45, 2.75) is 19.9 Å². The van der Waals surface area contributed by atoms with Crippen LogP contribution in [0.15, 0.2) is 36.5 Å². The molecule has 2 aromatic carbocycles. The van der Waals surface area contributed by atoms with Gasteiger partial charge < -0.3 is 15.7 Å². The normalized spacial score (nSPS) is 11.1. The number of nitrogens with zero attached hydrogens (tertiary/aromatic N) is 4. The molecule has 2 aromatic heterocycles. The van der Waals surface area contributed by atoms with Crippen molar-refractivity contribution >= 4 is 45.4 Å². The summed E-state index contributed by atoms with van der Waals surface area (Å²) in [5.41, 5.74) is 1.85. The Hall–Kier alpha value is -4.28. The second-order valence-electron chi connectivity index (χ2n) is 7.54. The minimum atomic E-state index is -1.11. The lowest BCUT2D eigenvalue weighted by Gasteiger charge is -2.09. The van der Waals surface area contributed by atoms with Crippen molar-refractivity contribution in [3.05, 3.63) is 42.3 Å². The lowest BCUT2D eigenvalue weighted by atomic mass is 9.99. The van der Waals surface area contributed by atoms with Crippen LogP contribution in [0.4, 0.5) is 10.2 Å². The minimum absolute atomic E-state index is 0.00955. The van der Waals surface area contributed by atoms with Gasteiger partial charge in [-0.3, -0.25) is 23.7 Å². The third-order valence-electron chi connectivity index (χ3n) is 5.17. The summed E-state index contributed by atoms with van der Waals surface area (Å²) in [4.78, 5) is 34.8. The first-order valence-electron chi connectivity index (χ1n) is 10.1. The number of hydrogen-bond acceptors (Lipinski definition) is 5. The van der Waals surface area contributed by atoms with Crippen molar-refractivity contribution in [2.75, 3.05) is 11.9 Å². The first-order valence-corrected chi connectivity index (χ1v) is 10.1. The van der Waals surface area contributed by atoms with Gasteiger partial charge in [-0.15, -0.1) is 0 Å². The van der Waals surface area contributed by atoms with Crippen molar-refractivity contribution in [1.29, 1.82) is 0 Å². The van der Waals surface area contributed by atoms with Crippen molar-refractivity contribution in [2.24, 2.45) is 7.05 Å². The second kappa shape index (κ2) is 8.69. The zero-order valence-corrected chi connectivity index (χ0v) is 17.9. The van der Waals surface area contributed by atoms with Crippen molar-refractivity contribution in [1.82, 2.24) is 24.9 Å². The molecule has 0 spiro atoms. The summed E-state index contributed by atoms with van der Waals surface area (Å²) < 4.78 is 18.0. The Morgan fingerprint density at radius 1 is 1.15 bits per heavy atom. The van der Waals surface area contributed by atoms with Gasteiger partial charge in [-0.05, 0) is 23.8 Å². The molecular weight excluding hydrogens is 431 g/mol. The van der Waals surface area contributed by atoms with E-state index in [0.29, 0.717) is 27.4 Å². The first kappa shape index (κ1) is 21.9. The molecule has 0 fully saturated rings. The number of rotatable bonds is 7. The third-order valence-corrected chi connectivity index (χ3v) is 5.17. The number of fused-ring (bicyclic) bond motifs is 2. The SMILES string of the molecule is CC(=O)NCCC(=O)Nc1nn(CC(=O)O)c2cccc(-c3cc4c(cnn4C)cc3F)c12. The van der Waals surface area contributed by atoms with E-state index in [1.807, 2.05) is 0 Å². The summed E-state index contributed by atoms with van der Waals surface area (Å²) in [6, 6.07) is 8.05. The van der Waals surface area contributed by atoms with E-state index in [0.717, 1.165) is 0 Å². The van der Waals surface area contributed by atoms with Crippen LogP contribution in [-0.4, -0.2) is 49.0 Å². The number of nitrogens with one attached hydrogen (secondary N) is 2. The molecule has 0 saturated heterocycles. The standard InChI is InChI=1S/C22H21FN6O4/c1-12(30)24-7-6-19(31)26-22-21-14(4-3-5-17(21)29(27-22)11-20(32)33)15-9-18-13(8-16(15)23)10-25-28(18)2/h3-5,8-10H,6-7,11H2,1-2H3,(H,24,30)(H,32,33)(H,26,27,31). The van der Waals surface area contributed by atoms with Crippen LogP contribution in [0.1, 0.15) is 13.3 Å². The van der Waals surface area contributed by atoms with Crippen LogP contribution in [0.3, 0.4) is 0 Å². The zero-order valence-electron chi connectivity index (χ0n) is 17.9. The number of halogens is 1. The molecule has 0 aliphatic carbocycles. The summed E-state index contributed by atoms with van der Waals surface area (Å²) >= 11 is 0. The molecule has 0 bridgehead atoms. The van der Waals surface area contributed by atoms with E-state index in [-0.39, 0.29) is 30.3 Å². The van der Waals surface area contributed by atoms with Crippen LogP contribution in [0.25, 0.3) is 32.9 Å². The number of aryl methyl sites for hydroxylation is 1. The molecule has 0 radical (unpaired) electrons. The highest BCUT2D eigenvalue weighted by atomic mass is 19.1. The summed E-state index contributed by atoms with van der Waals surface area (Å²) in [5, 5.41) is 24.0. The largest absolute Gasteiger partial charge is 0.480 e. The first-order chi connectivity index (χ1) is 15.7. The molecule has 0 aliphatic heterocycles. The Balaban J connectivity index is 1.84. The summed E-state index contributed by atoms with van der Waals surface area (Å²) in [6.07, 6.45) is 1.55. The van der Waals surface area contributed by atoms with Gasteiger partial charge in [-0.25, -0.2) is 4.39 Å². The molecule has 0 saturated carbocycles. The maximum atomic E-state index is 15.1. The highest BCUT2D eigenvalue weighted by Crippen LogP contribution is 2.36. The van der Waals surface area contributed by atoms with Crippen LogP contribution in [0.5, 0.6) is 0 Å². The molecule has 4 rings (SSSR count). The number of amides is 2. The molecule has 0 unspecified atom stereocenters. The average Bonchev–Trinajstić information content (AvgIpc) is 3.27. The van der Waals surface area contributed by atoms with E-state index >= 15 is 4.39 Å². The Labute approximate surface area is 187 Å². The van der Waals surface area contributed by atoms with Crippen molar-refractivity contribution < 1.29 is 23.9 Å². The lowest BCUT2D eigenvalue weighted by molar-refractivity contribution is -0.137. The Morgan fingerprint density at radius 2 is 1.94 bits per heavy atom. The molecular formula is C22H21FN6O4. The monoisotopic (exact) mass is 452 g/mol. The highest BCUT2D eigenvalue weighted by Gasteiger charge is 2.21. The molecule has 33 heavy (non-hydrogen) atoms. The summed E-state index contributed by atoms with van der Waals surface area (Å²) in [7, 11) is 1.75. The second-order valence-corrected chi connectivity index (χ2v) is 7.54. The van der Waals surface area contributed by atoms with Crippen LogP contribution >= 0.6 is 0 Å². The zero-order chi connectivity index (χ0) is 23.7. The highest BCUT2D eigenvalue weighted by molar-refractivity contribution is 6.08. The molecule has 10 nitrogen and oxygen atoms in total. The van der Waals surface area contributed by atoms with Crippen LogP contribution < -0.4 is 10.6 Å². The fourth-order valence-electron chi connectivity index (χ4n) is 3.71. The van der Waals surface area contributed by atoms with Gasteiger partial charge in [0.2, 0.25) is 11.8 Å². The van der Waals surface area contributed by atoms with Crippen molar-refractivity contribution in [3.63, 3.8) is 0 Å². The van der Waals surface area contributed by atoms with Crippen molar-refractivity contribution in [3.8, 4) is 11.1 Å². The van der Waals surface area contributed by atoms with Gasteiger partial charge in [0.15, 0.2) is 5.82 Å². The number of carbonyl (C=O) groups excluding carboxylic acids is 2. The fourth-order valence-corrected chi connectivity index (χ4v) is 3.71.